The molecule has 2 aliphatic carbocycles. The van der Waals surface area contributed by atoms with E-state index < -0.39 is 29.4 Å². The summed E-state index contributed by atoms with van der Waals surface area (Å²) in [6.45, 7) is 3.48. The minimum absolute atomic E-state index is 0.0902. The van der Waals surface area contributed by atoms with Gasteiger partial charge in [0.15, 0.2) is 0 Å². The molecule has 174 valence electrons. The number of aryl methyl sites for hydroxylation is 1. The number of Topliss-reactive ketones (excluding diaryl/α,β-unsaturated/α-hetero) is 2. The third kappa shape index (κ3) is 4.89. The molecule has 2 unspecified atom stereocenters. The summed E-state index contributed by atoms with van der Waals surface area (Å²) in [5.74, 6) is -4.61. The second kappa shape index (κ2) is 9.02. The van der Waals surface area contributed by atoms with Crippen LogP contribution in [0.4, 0.5) is 4.39 Å². The molecule has 4 nitrogen and oxygen atoms in total. The Kier molecular flexibility index (Phi) is 6.45. The van der Waals surface area contributed by atoms with Gasteiger partial charge >= 0.3 is 5.97 Å². The highest BCUT2D eigenvalue weighted by Crippen LogP contribution is 2.42. The normalized spacial score (nSPS) is 27.0. The van der Waals surface area contributed by atoms with Gasteiger partial charge in [0.2, 0.25) is 0 Å². The van der Waals surface area contributed by atoms with E-state index in [2.05, 4.69) is 0 Å². The minimum Gasteiger partial charge on any atom is -0.481 e. The second-order valence-corrected chi connectivity index (χ2v) is 10.3. The molecule has 0 aromatic heterocycles. The summed E-state index contributed by atoms with van der Waals surface area (Å²) < 4.78 is 14.3. The first kappa shape index (κ1) is 23.6. The number of benzene rings is 2. The van der Waals surface area contributed by atoms with Crippen LogP contribution >= 0.6 is 11.6 Å². The van der Waals surface area contributed by atoms with Gasteiger partial charge in [-0.05, 0) is 60.1 Å². The molecule has 0 amide bonds. The fourth-order valence-electron chi connectivity index (χ4n) is 5.40. The average Bonchev–Trinajstić information content (AvgIpc) is 3.04. The largest absolute Gasteiger partial charge is 0.481 e. The van der Waals surface area contributed by atoms with Gasteiger partial charge in [-0.15, -0.1) is 0 Å². The van der Waals surface area contributed by atoms with E-state index in [1.165, 1.54) is 0 Å². The first-order chi connectivity index (χ1) is 15.6. The Morgan fingerprint density at radius 3 is 2.61 bits per heavy atom. The van der Waals surface area contributed by atoms with Crippen molar-refractivity contribution >= 4 is 29.1 Å². The Morgan fingerprint density at radius 2 is 1.91 bits per heavy atom. The maximum absolute atomic E-state index is 14.3. The third-order valence-corrected chi connectivity index (χ3v) is 7.39. The van der Waals surface area contributed by atoms with E-state index in [9.17, 15) is 23.9 Å². The number of rotatable bonds is 8. The number of halogens is 2. The Balaban J connectivity index is 1.40. The van der Waals surface area contributed by atoms with Gasteiger partial charge in [0.05, 0.1) is 11.8 Å². The molecule has 0 saturated heterocycles. The van der Waals surface area contributed by atoms with Crippen LogP contribution in [0, 0.1) is 17.8 Å². The highest BCUT2D eigenvalue weighted by molar-refractivity contribution is 6.30. The summed E-state index contributed by atoms with van der Waals surface area (Å²) >= 11 is 6.00. The zero-order valence-electron chi connectivity index (χ0n) is 18.8. The van der Waals surface area contributed by atoms with Crippen molar-refractivity contribution in [2.75, 3.05) is 0 Å². The maximum atomic E-state index is 14.3. The first-order valence-electron chi connectivity index (χ1n) is 11.4. The number of aliphatic carboxylic acids is 1. The molecule has 33 heavy (non-hydrogen) atoms. The van der Waals surface area contributed by atoms with Crippen LogP contribution in [0.5, 0.6) is 0 Å². The fraction of sp³-hybridized carbons (Fsp3) is 0.444. The van der Waals surface area contributed by atoms with Crippen molar-refractivity contribution in [3.8, 4) is 0 Å². The molecule has 4 rings (SSSR count). The van der Waals surface area contributed by atoms with Crippen molar-refractivity contribution in [2.45, 2.75) is 57.5 Å². The zero-order chi connectivity index (χ0) is 23.9. The number of ketones is 2. The number of carboxylic acid groups (broad SMARTS) is 1. The van der Waals surface area contributed by atoms with E-state index in [1.807, 2.05) is 37.3 Å². The molecule has 1 N–H and O–H groups in total. The molecule has 6 heteroatoms. The van der Waals surface area contributed by atoms with Crippen molar-refractivity contribution in [3.05, 3.63) is 69.7 Å². The van der Waals surface area contributed by atoms with E-state index in [-0.39, 0.29) is 23.9 Å². The minimum atomic E-state index is -1.24. The van der Waals surface area contributed by atoms with Gasteiger partial charge in [0.1, 0.15) is 17.2 Å². The highest BCUT2D eigenvalue weighted by atomic mass is 35.5. The smallest absolute Gasteiger partial charge is 0.308 e. The average molecular weight is 471 g/mol. The maximum Gasteiger partial charge on any atom is 0.308 e. The molecule has 1 saturated carbocycles. The molecule has 2 aliphatic rings. The van der Waals surface area contributed by atoms with Gasteiger partial charge in [-0.3, -0.25) is 14.4 Å². The molecule has 0 heterocycles. The van der Waals surface area contributed by atoms with E-state index in [1.54, 1.807) is 19.1 Å². The van der Waals surface area contributed by atoms with E-state index in [0.29, 0.717) is 30.7 Å². The van der Waals surface area contributed by atoms with Gasteiger partial charge in [-0.1, -0.05) is 48.9 Å². The lowest BCUT2D eigenvalue weighted by Gasteiger charge is -2.39. The van der Waals surface area contributed by atoms with Crippen molar-refractivity contribution in [2.24, 2.45) is 17.8 Å². The summed E-state index contributed by atoms with van der Waals surface area (Å²) in [7, 11) is 0. The van der Waals surface area contributed by atoms with Crippen LogP contribution < -0.4 is 0 Å². The molecule has 1 fully saturated rings. The van der Waals surface area contributed by atoms with Crippen molar-refractivity contribution in [1.82, 2.24) is 0 Å². The molecule has 2 aromatic carbocycles. The van der Waals surface area contributed by atoms with Crippen molar-refractivity contribution in [1.29, 1.82) is 0 Å². The van der Waals surface area contributed by atoms with Crippen LogP contribution in [0.2, 0.25) is 5.02 Å². The zero-order valence-corrected chi connectivity index (χ0v) is 19.6. The molecule has 0 aliphatic heterocycles. The lowest BCUT2D eigenvalue weighted by atomic mass is 9.59. The SMILES string of the molecule is C[C@@H](CC(=O)C1C(=O)[C@H](CCc2cccc(Cl)c2)[C@H]1C(=O)O)c1ccc2c(c1)CC(C)(F)C2. The quantitative estimate of drug-likeness (QED) is 0.526. The Morgan fingerprint density at radius 1 is 1.18 bits per heavy atom. The number of fused-ring (bicyclic) bond motifs is 1. The number of carbonyl (C=O) groups is 3. The summed E-state index contributed by atoms with van der Waals surface area (Å²) in [6, 6.07) is 13.0. The molecule has 5 atom stereocenters. The topological polar surface area (TPSA) is 71.4 Å². The molecule has 2 aromatic rings. The predicted octanol–water partition coefficient (Wildman–Crippen LogP) is 5.38. The number of carboxylic acids is 1. The Labute approximate surface area is 198 Å². The van der Waals surface area contributed by atoms with Gasteiger partial charge in [0.25, 0.3) is 0 Å². The van der Waals surface area contributed by atoms with Gasteiger partial charge in [0, 0.05) is 30.2 Å². The van der Waals surface area contributed by atoms with Crippen molar-refractivity contribution in [3.63, 3.8) is 0 Å². The standard InChI is InChI=1S/C27H28ClFO4/c1-15(17-7-8-18-13-27(2,29)14-19(18)12-17)10-22(30)24-23(26(32)33)21(25(24)31)9-6-16-4-3-5-20(28)11-16/h3-5,7-8,11-12,15,21,23-24H,6,9-10,13-14H2,1-2H3,(H,32,33)/t15-,21+,23+,24?,27?/m0/s1. The molecular formula is C27H28ClFO4. The number of carbonyl (C=O) groups excluding carboxylic acids is 2. The molecular weight excluding hydrogens is 443 g/mol. The number of hydrogen-bond donors (Lipinski definition) is 1. The fourth-order valence-corrected chi connectivity index (χ4v) is 5.61. The van der Waals surface area contributed by atoms with E-state index >= 15 is 0 Å². The summed E-state index contributed by atoms with van der Waals surface area (Å²) in [4.78, 5) is 37.7. The van der Waals surface area contributed by atoms with Crippen LogP contribution in [0.1, 0.15) is 54.9 Å². The highest BCUT2D eigenvalue weighted by Gasteiger charge is 2.56. The van der Waals surface area contributed by atoms with Crippen LogP contribution in [-0.4, -0.2) is 28.3 Å². The molecule has 0 bridgehead atoms. The monoisotopic (exact) mass is 470 g/mol. The number of hydrogen-bond acceptors (Lipinski definition) is 3. The summed E-state index contributed by atoms with van der Waals surface area (Å²) in [6.07, 6.45) is 1.74. The Hall–Kier alpha value is -2.53. The first-order valence-corrected chi connectivity index (χ1v) is 11.8. The molecule has 0 spiro atoms. The summed E-state index contributed by atoms with van der Waals surface area (Å²) in [5.41, 5.74) is 2.55. The number of alkyl halides is 1. The van der Waals surface area contributed by atoms with E-state index in [4.69, 9.17) is 11.6 Å². The lowest BCUT2D eigenvalue weighted by Crippen LogP contribution is -2.55. The molecule has 0 radical (unpaired) electrons. The van der Waals surface area contributed by atoms with Gasteiger partial charge in [-0.2, -0.15) is 0 Å². The third-order valence-electron chi connectivity index (χ3n) is 7.15. The van der Waals surface area contributed by atoms with Crippen LogP contribution in [0.25, 0.3) is 0 Å². The second-order valence-electron chi connectivity index (χ2n) is 9.89. The van der Waals surface area contributed by atoms with Crippen molar-refractivity contribution < 1.29 is 23.9 Å². The van der Waals surface area contributed by atoms with Gasteiger partial charge < -0.3 is 5.11 Å². The lowest BCUT2D eigenvalue weighted by molar-refractivity contribution is -0.166. The van der Waals surface area contributed by atoms with Crippen LogP contribution in [-0.2, 0) is 33.6 Å². The predicted molar refractivity (Wildman–Crippen MR) is 124 cm³/mol. The van der Waals surface area contributed by atoms with Crippen LogP contribution in [0.3, 0.4) is 0 Å². The van der Waals surface area contributed by atoms with Crippen LogP contribution in [0.15, 0.2) is 42.5 Å². The summed E-state index contributed by atoms with van der Waals surface area (Å²) in [5, 5.41) is 10.3. The Bertz CT molecular complexity index is 1110. The van der Waals surface area contributed by atoms with Gasteiger partial charge in [-0.25, -0.2) is 4.39 Å². The van der Waals surface area contributed by atoms with E-state index in [0.717, 1.165) is 22.3 Å².